The molecule has 6 nitrogen and oxygen atoms in total. The van der Waals surface area contributed by atoms with E-state index < -0.39 is 16.0 Å². The van der Waals surface area contributed by atoms with Gasteiger partial charge >= 0.3 is 5.09 Å². The summed E-state index contributed by atoms with van der Waals surface area (Å²) in [6.45, 7) is 7.74. The summed E-state index contributed by atoms with van der Waals surface area (Å²) in [5.74, 6) is -0.503. The Morgan fingerprint density at radius 1 is 1.03 bits per heavy atom. The van der Waals surface area contributed by atoms with Gasteiger partial charge in [0, 0.05) is 21.9 Å². The van der Waals surface area contributed by atoms with Gasteiger partial charge in [0.1, 0.15) is 5.82 Å². The van der Waals surface area contributed by atoms with Crippen LogP contribution in [0.4, 0.5) is 4.39 Å². The summed E-state index contributed by atoms with van der Waals surface area (Å²) in [5, 5.41) is 11.0. The lowest BCUT2D eigenvalue weighted by Gasteiger charge is -2.44. The largest absolute Gasteiger partial charge is 0.301 e. The Balaban J connectivity index is 2.06. The molecule has 29 heavy (non-hydrogen) atoms. The van der Waals surface area contributed by atoms with Gasteiger partial charge in [-0.1, -0.05) is 44.2 Å². The van der Waals surface area contributed by atoms with Crippen molar-refractivity contribution in [3.8, 4) is 5.88 Å². The molecule has 4 rings (SSSR count). The lowest BCUT2D eigenvalue weighted by molar-refractivity contribution is -0.712. The highest BCUT2D eigenvalue weighted by atomic mass is 19.1. The molecule has 2 heterocycles. The summed E-state index contributed by atoms with van der Waals surface area (Å²) in [7, 11) is 0. The summed E-state index contributed by atoms with van der Waals surface area (Å²) in [4.78, 5) is 25.2. The van der Waals surface area contributed by atoms with E-state index in [9.17, 15) is 14.5 Å². The standard InChI is InChI=1S/C22H20FN3O3/c1-21(2)18-14(9-7-10-16(18)23)19(25-22(21,3)4)15-12-13-8-5-6-11-17(13)24-20(15)29-26(27)28/h5-12H,1-4H3. The highest BCUT2D eigenvalue weighted by Gasteiger charge is 2.46. The molecule has 0 radical (unpaired) electrons. The number of aliphatic imine (C=N–C) groups is 1. The zero-order chi connectivity index (χ0) is 21.0. The molecule has 0 fully saturated rings. The third kappa shape index (κ3) is 2.93. The first-order chi connectivity index (χ1) is 13.6. The minimum absolute atomic E-state index is 0.168. The van der Waals surface area contributed by atoms with Crippen LogP contribution in [0.25, 0.3) is 10.9 Å². The van der Waals surface area contributed by atoms with Crippen molar-refractivity contribution >= 4 is 16.6 Å². The number of rotatable bonds is 3. The second-order valence-corrected chi connectivity index (χ2v) is 8.16. The van der Waals surface area contributed by atoms with Crippen LogP contribution in [0.15, 0.2) is 53.5 Å². The van der Waals surface area contributed by atoms with Gasteiger partial charge in [-0.2, -0.15) is 0 Å². The van der Waals surface area contributed by atoms with Crippen molar-refractivity contribution in [1.29, 1.82) is 0 Å². The topological polar surface area (TPSA) is 77.6 Å². The number of para-hydroxylation sites is 1. The lowest BCUT2D eigenvalue weighted by atomic mass is 9.65. The van der Waals surface area contributed by atoms with E-state index in [0.29, 0.717) is 27.9 Å². The summed E-state index contributed by atoms with van der Waals surface area (Å²) in [6.07, 6.45) is 0. The average Bonchev–Trinajstić information content (AvgIpc) is 2.64. The fraction of sp³-hybridized carbons (Fsp3) is 0.273. The van der Waals surface area contributed by atoms with Crippen LogP contribution in [-0.2, 0) is 5.41 Å². The fourth-order valence-corrected chi connectivity index (χ4v) is 3.76. The molecule has 2 aromatic carbocycles. The molecule has 1 aliphatic rings. The minimum atomic E-state index is -0.897. The van der Waals surface area contributed by atoms with E-state index in [0.717, 1.165) is 5.39 Å². The highest BCUT2D eigenvalue weighted by molar-refractivity contribution is 6.17. The summed E-state index contributed by atoms with van der Waals surface area (Å²) in [5.41, 5.74) is 1.19. The Hall–Kier alpha value is -3.35. The predicted octanol–water partition coefficient (Wildman–Crippen LogP) is 4.85. The van der Waals surface area contributed by atoms with Crippen molar-refractivity contribution < 1.29 is 14.3 Å². The second-order valence-electron chi connectivity index (χ2n) is 8.16. The SMILES string of the molecule is CC1(C)N=C(c2cc3ccccc3nc2O[N+](=O)[O-])c2cccc(F)c2C1(C)C. The van der Waals surface area contributed by atoms with Crippen LogP contribution in [0.5, 0.6) is 5.88 Å². The van der Waals surface area contributed by atoms with Gasteiger partial charge in [0.05, 0.1) is 22.3 Å². The molecule has 0 atom stereocenters. The van der Waals surface area contributed by atoms with E-state index in [2.05, 4.69) is 4.98 Å². The van der Waals surface area contributed by atoms with Crippen LogP contribution in [0.2, 0.25) is 0 Å². The van der Waals surface area contributed by atoms with Crippen LogP contribution in [0, 0.1) is 15.9 Å². The molecule has 0 spiro atoms. The molecule has 1 aromatic heterocycles. The van der Waals surface area contributed by atoms with E-state index in [1.165, 1.54) is 6.07 Å². The highest BCUT2D eigenvalue weighted by Crippen LogP contribution is 2.45. The first kappa shape index (κ1) is 19.0. The summed E-state index contributed by atoms with van der Waals surface area (Å²) >= 11 is 0. The number of aromatic nitrogens is 1. The maximum atomic E-state index is 15.0. The summed E-state index contributed by atoms with van der Waals surface area (Å²) in [6, 6.07) is 13.8. The molecular formula is C22H20FN3O3. The molecule has 0 bridgehead atoms. The van der Waals surface area contributed by atoms with Crippen LogP contribution >= 0.6 is 0 Å². The molecule has 0 N–H and O–H groups in total. The minimum Gasteiger partial charge on any atom is -0.277 e. The Morgan fingerprint density at radius 2 is 1.76 bits per heavy atom. The normalized spacial score (nSPS) is 16.8. The number of fused-ring (bicyclic) bond motifs is 2. The molecule has 1 aliphatic heterocycles. The van der Waals surface area contributed by atoms with E-state index in [4.69, 9.17) is 9.83 Å². The first-order valence-corrected chi connectivity index (χ1v) is 9.23. The van der Waals surface area contributed by atoms with Gasteiger partial charge < -0.3 is 0 Å². The Kier molecular flexibility index (Phi) is 4.15. The maximum Gasteiger partial charge on any atom is 0.301 e. The molecule has 0 unspecified atom stereocenters. The number of benzene rings is 2. The quantitative estimate of drug-likeness (QED) is 0.471. The molecule has 0 aliphatic carbocycles. The van der Waals surface area contributed by atoms with Gasteiger partial charge in [0.15, 0.2) is 0 Å². The first-order valence-electron chi connectivity index (χ1n) is 9.23. The predicted molar refractivity (Wildman–Crippen MR) is 109 cm³/mol. The van der Waals surface area contributed by atoms with Crippen LogP contribution in [-0.4, -0.2) is 21.3 Å². The van der Waals surface area contributed by atoms with Gasteiger partial charge in [0.2, 0.25) is 5.88 Å². The van der Waals surface area contributed by atoms with Crippen molar-refractivity contribution in [2.24, 2.45) is 4.99 Å². The Labute approximate surface area is 167 Å². The zero-order valence-electron chi connectivity index (χ0n) is 16.6. The van der Waals surface area contributed by atoms with Gasteiger partial charge in [-0.3, -0.25) is 9.83 Å². The van der Waals surface area contributed by atoms with Gasteiger partial charge in [0.25, 0.3) is 0 Å². The molecular weight excluding hydrogens is 373 g/mol. The van der Waals surface area contributed by atoms with E-state index in [1.54, 1.807) is 30.3 Å². The van der Waals surface area contributed by atoms with Crippen LogP contribution in [0.1, 0.15) is 44.4 Å². The fourth-order valence-electron chi connectivity index (χ4n) is 3.76. The zero-order valence-corrected chi connectivity index (χ0v) is 16.6. The summed E-state index contributed by atoms with van der Waals surface area (Å²) < 4.78 is 15.0. The van der Waals surface area contributed by atoms with Crippen molar-refractivity contribution in [3.63, 3.8) is 0 Å². The number of nitrogens with zero attached hydrogens (tertiary/aromatic N) is 3. The van der Waals surface area contributed by atoms with E-state index >= 15 is 0 Å². The van der Waals surface area contributed by atoms with Crippen molar-refractivity contribution in [2.75, 3.05) is 0 Å². The van der Waals surface area contributed by atoms with Gasteiger partial charge in [-0.25, -0.2) is 9.37 Å². The molecule has 7 heteroatoms. The molecule has 0 saturated heterocycles. The van der Waals surface area contributed by atoms with Crippen molar-refractivity contribution in [3.05, 3.63) is 81.2 Å². The third-order valence-corrected chi connectivity index (χ3v) is 5.92. The lowest BCUT2D eigenvalue weighted by Crippen LogP contribution is -2.46. The van der Waals surface area contributed by atoms with Crippen molar-refractivity contribution in [2.45, 2.75) is 38.6 Å². The number of hydrogen-bond donors (Lipinski definition) is 0. The Bertz CT molecular complexity index is 1190. The second kappa shape index (κ2) is 6.34. The monoisotopic (exact) mass is 393 g/mol. The third-order valence-electron chi connectivity index (χ3n) is 5.92. The molecule has 3 aromatic rings. The number of pyridine rings is 1. The van der Waals surface area contributed by atoms with Crippen molar-refractivity contribution in [1.82, 2.24) is 4.98 Å². The van der Waals surface area contributed by atoms with Gasteiger partial charge in [-0.05, 0) is 32.0 Å². The molecule has 148 valence electrons. The molecule has 0 amide bonds. The number of halogens is 1. The van der Waals surface area contributed by atoms with Crippen LogP contribution in [0.3, 0.4) is 0 Å². The van der Waals surface area contributed by atoms with Crippen LogP contribution < -0.4 is 4.84 Å². The smallest absolute Gasteiger partial charge is 0.277 e. The van der Waals surface area contributed by atoms with E-state index in [-0.39, 0.29) is 11.7 Å². The molecule has 0 saturated carbocycles. The average molecular weight is 393 g/mol. The Morgan fingerprint density at radius 3 is 2.48 bits per heavy atom. The van der Waals surface area contributed by atoms with Gasteiger partial charge in [-0.15, -0.1) is 10.1 Å². The maximum absolute atomic E-state index is 15.0. The number of hydrogen-bond acceptors (Lipinski definition) is 5. The van der Waals surface area contributed by atoms with E-state index in [1.807, 2.05) is 39.8 Å².